The minimum absolute atomic E-state index is 0.125. The van der Waals surface area contributed by atoms with Gasteiger partial charge in [-0.15, -0.1) is 0 Å². The third-order valence-electron chi connectivity index (χ3n) is 0.614. The van der Waals surface area contributed by atoms with Crippen molar-refractivity contribution in [1.82, 2.24) is 0 Å². The molecule has 1 atom stereocenters. The number of carbonyl (C=O) groups is 1. The molecule has 5 N–H and O–H groups in total. The molecule has 6 heteroatoms. The standard InChI is InChI=1S/C3H7NO2S.C2H6O2/c4-2(1-7)3(5)6;3-1-2-4/h2,7H,1,4H2,(H,5,6);3-4H,1-2H2. The molecule has 0 aromatic rings. The SMILES string of the molecule is NC(CS)C(=O)O.OCCO. The highest BCUT2D eigenvalue weighted by Crippen LogP contribution is 1.80. The Morgan fingerprint density at radius 2 is 1.82 bits per heavy atom. The first-order valence-electron chi connectivity index (χ1n) is 2.91. The number of aliphatic hydroxyl groups is 2. The quantitative estimate of drug-likeness (QED) is 0.335. The van der Waals surface area contributed by atoms with Gasteiger partial charge in [0.2, 0.25) is 0 Å². The molecule has 0 saturated carbocycles. The van der Waals surface area contributed by atoms with E-state index in [9.17, 15) is 4.79 Å². The molecule has 0 aliphatic rings. The number of aliphatic hydroxyl groups excluding tert-OH is 2. The molecule has 0 spiro atoms. The Labute approximate surface area is 70.2 Å². The van der Waals surface area contributed by atoms with Crippen molar-refractivity contribution in [3.63, 3.8) is 0 Å². The Morgan fingerprint density at radius 3 is 1.82 bits per heavy atom. The molecular weight excluding hydrogens is 170 g/mol. The summed E-state index contributed by atoms with van der Waals surface area (Å²) in [4.78, 5) is 9.76. The van der Waals surface area contributed by atoms with Crippen LogP contribution in [-0.2, 0) is 4.79 Å². The lowest BCUT2D eigenvalue weighted by atomic mass is 10.4. The van der Waals surface area contributed by atoms with Gasteiger partial charge in [-0.05, 0) is 0 Å². The van der Waals surface area contributed by atoms with Crippen molar-refractivity contribution in [2.24, 2.45) is 5.73 Å². The molecule has 0 aromatic carbocycles. The first-order chi connectivity index (χ1) is 5.09. The summed E-state index contributed by atoms with van der Waals surface area (Å²) in [5, 5.41) is 23.3. The van der Waals surface area contributed by atoms with E-state index in [0.29, 0.717) is 0 Å². The molecule has 0 fully saturated rings. The molecule has 0 aliphatic heterocycles. The molecule has 5 nitrogen and oxygen atoms in total. The van der Waals surface area contributed by atoms with Crippen LogP contribution >= 0.6 is 12.6 Å². The van der Waals surface area contributed by atoms with E-state index in [1.165, 1.54) is 0 Å². The van der Waals surface area contributed by atoms with Gasteiger partial charge in [-0.2, -0.15) is 12.6 Å². The molecule has 1 unspecified atom stereocenters. The van der Waals surface area contributed by atoms with Crippen molar-refractivity contribution in [2.75, 3.05) is 19.0 Å². The molecule has 0 aromatic heterocycles. The molecule has 0 radical (unpaired) electrons. The molecule has 68 valence electrons. The fraction of sp³-hybridized carbons (Fsp3) is 0.800. The molecule has 0 bridgehead atoms. The highest BCUT2D eigenvalue weighted by Gasteiger charge is 2.06. The van der Waals surface area contributed by atoms with Crippen molar-refractivity contribution < 1.29 is 20.1 Å². The number of hydrogen-bond donors (Lipinski definition) is 5. The van der Waals surface area contributed by atoms with Crippen molar-refractivity contribution in [3.8, 4) is 0 Å². The van der Waals surface area contributed by atoms with E-state index in [-0.39, 0.29) is 19.0 Å². The van der Waals surface area contributed by atoms with Crippen molar-refractivity contribution in [2.45, 2.75) is 6.04 Å². The fourth-order valence-corrected chi connectivity index (χ4v) is 0.234. The number of nitrogens with two attached hydrogens (primary N) is 1. The monoisotopic (exact) mass is 183 g/mol. The number of thiol groups is 1. The van der Waals surface area contributed by atoms with E-state index < -0.39 is 12.0 Å². The van der Waals surface area contributed by atoms with Crippen LogP contribution in [0.5, 0.6) is 0 Å². The van der Waals surface area contributed by atoms with Gasteiger partial charge in [-0.1, -0.05) is 0 Å². The largest absolute Gasteiger partial charge is 0.480 e. The summed E-state index contributed by atoms with van der Waals surface area (Å²) in [5.41, 5.74) is 4.94. The fourth-order valence-electron chi connectivity index (χ4n) is 0.0781. The molecular formula is C5H13NO4S. The molecule has 0 saturated heterocycles. The number of rotatable bonds is 3. The van der Waals surface area contributed by atoms with E-state index in [1.54, 1.807) is 0 Å². The normalized spacial score (nSPS) is 11.3. The van der Waals surface area contributed by atoms with Gasteiger partial charge in [0.15, 0.2) is 0 Å². The van der Waals surface area contributed by atoms with Gasteiger partial charge in [-0.25, -0.2) is 0 Å². The molecule has 0 heterocycles. The zero-order valence-corrected chi connectivity index (χ0v) is 6.87. The summed E-state index contributed by atoms with van der Waals surface area (Å²) in [6.07, 6.45) is 0. The predicted octanol–water partition coefficient (Wildman–Crippen LogP) is -1.70. The van der Waals surface area contributed by atoms with E-state index in [4.69, 9.17) is 21.1 Å². The van der Waals surface area contributed by atoms with Crippen LogP contribution < -0.4 is 5.73 Å². The van der Waals surface area contributed by atoms with Crippen LogP contribution in [0.15, 0.2) is 0 Å². The number of aliphatic carboxylic acids is 1. The topological polar surface area (TPSA) is 104 Å². The first-order valence-corrected chi connectivity index (χ1v) is 3.54. The highest BCUT2D eigenvalue weighted by atomic mass is 32.1. The van der Waals surface area contributed by atoms with Crippen molar-refractivity contribution >= 4 is 18.6 Å². The lowest BCUT2D eigenvalue weighted by molar-refractivity contribution is -0.137. The van der Waals surface area contributed by atoms with Crippen LogP contribution in [0.2, 0.25) is 0 Å². The molecule has 0 amide bonds. The van der Waals surface area contributed by atoms with Crippen LogP contribution in [0.25, 0.3) is 0 Å². The third-order valence-corrected chi connectivity index (χ3v) is 1.01. The summed E-state index contributed by atoms with van der Waals surface area (Å²) < 4.78 is 0. The Kier molecular flexibility index (Phi) is 11.7. The van der Waals surface area contributed by atoms with Gasteiger partial charge in [0.05, 0.1) is 13.2 Å². The maximum atomic E-state index is 9.76. The zero-order chi connectivity index (χ0) is 9.28. The second kappa shape index (κ2) is 9.70. The average molecular weight is 183 g/mol. The van der Waals surface area contributed by atoms with Gasteiger partial charge in [0, 0.05) is 5.75 Å². The zero-order valence-electron chi connectivity index (χ0n) is 5.97. The molecule has 0 rings (SSSR count). The summed E-state index contributed by atoms with van der Waals surface area (Å²) in [7, 11) is 0. The van der Waals surface area contributed by atoms with Gasteiger partial charge in [0.25, 0.3) is 0 Å². The number of hydrogen-bond acceptors (Lipinski definition) is 5. The Hall–Kier alpha value is -0.300. The Bertz CT molecular complexity index is 98.5. The molecule has 0 aliphatic carbocycles. The van der Waals surface area contributed by atoms with Gasteiger partial charge in [0.1, 0.15) is 6.04 Å². The minimum Gasteiger partial charge on any atom is -0.480 e. The van der Waals surface area contributed by atoms with E-state index in [0.717, 1.165) is 0 Å². The third kappa shape index (κ3) is 12.8. The van der Waals surface area contributed by atoms with Crippen LogP contribution in [-0.4, -0.2) is 46.3 Å². The predicted molar refractivity (Wildman–Crippen MR) is 43.6 cm³/mol. The Morgan fingerprint density at radius 1 is 1.45 bits per heavy atom. The second-order valence-corrected chi connectivity index (χ2v) is 1.94. The number of carboxylic acids is 1. The lowest BCUT2D eigenvalue weighted by Crippen LogP contribution is -2.31. The van der Waals surface area contributed by atoms with Crippen LogP contribution in [0.3, 0.4) is 0 Å². The maximum Gasteiger partial charge on any atom is 0.321 e. The Balaban J connectivity index is 0. The summed E-state index contributed by atoms with van der Waals surface area (Å²) >= 11 is 3.65. The first kappa shape index (κ1) is 13.3. The van der Waals surface area contributed by atoms with Crippen LogP contribution in [0, 0.1) is 0 Å². The van der Waals surface area contributed by atoms with E-state index >= 15 is 0 Å². The van der Waals surface area contributed by atoms with Gasteiger partial charge < -0.3 is 21.1 Å². The van der Waals surface area contributed by atoms with Crippen LogP contribution in [0.4, 0.5) is 0 Å². The van der Waals surface area contributed by atoms with Gasteiger partial charge >= 0.3 is 5.97 Å². The highest BCUT2D eigenvalue weighted by molar-refractivity contribution is 7.80. The summed E-state index contributed by atoms with van der Waals surface area (Å²) in [6, 6.07) is -0.816. The average Bonchev–Trinajstić information content (AvgIpc) is 2.03. The van der Waals surface area contributed by atoms with Crippen molar-refractivity contribution in [3.05, 3.63) is 0 Å². The van der Waals surface area contributed by atoms with E-state index in [1.807, 2.05) is 0 Å². The second-order valence-electron chi connectivity index (χ2n) is 1.57. The van der Waals surface area contributed by atoms with Gasteiger partial charge in [-0.3, -0.25) is 4.79 Å². The van der Waals surface area contributed by atoms with E-state index in [2.05, 4.69) is 12.6 Å². The maximum absolute atomic E-state index is 9.76. The summed E-state index contributed by atoms with van der Waals surface area (Å²) in [5.74, 6) is -0.815. The molecule has 11 heavy (non-hydrogen) atoms. The lowest BCUT2D eigenvalue weighted by Gasteiger charge is -1.96. The van der Waals surface area contributed by atoms with Crippen LogP contribution in [0.1, 0.15) is 0 Å². The smallest absolute Gasteiger partial charge is 0.321 e. The minimum atomic E-state index is -1.00. The van der Waals surface area contributed by atoms with Crippen molar-refractivity contribution in [1.29, 1.82) is 0 Å². The summed E-state index contributed by atoms with van der Waals surface area (Å²) in [6.45, 7) is -0.250. The number of carboxylic acid groups (broad SMARTS) is 1.